The van der Waals surface area contributed by atoms with Gasteiger partial charge in [0.05, 0.1) is 14.2 Å². The second-order valence-corrected chi connectivity index (χ2v) is 5.45. The molecular formula is C15H22N2O2. The van der Waals surface area contributed by atoms with Gasteiger partial charge in [0, 0.05) is 18.6 Å². The van der Waals surface area contributed by atoms with Crippen LogP contribution in [0.1, 0.15) is 42.5 Å². The summed E-state index contributed by atoms with van der Waals surface area (Å²) in [5, 5.41) is 0. The number of methoxy groups -OCH3 is 2. The van der Waals surface area contributed by atoms with E-state index in [0.717, 1.165) is 24.6 Å². The largest absolute Gasteiger partial charge is 0.493 e. The van der Waals surface area contributed by atoms with Crippen LogP contribution in [0.4, 0.5) is 0 Å². The molecule has 2 aliphatic heterocycles. The second kappa shape index (κ2) is 5.02. The van der Waals surface area contributed by atoms with Crippen molar-refractivity contribution < 1.29 is 9.47 Å². The van der Waals surface area contributed by atoms with E-state index in [1.54, 1.807) is 14.2 Å². The fourth-order valence-electron chi connectivity index (χ4n) is 3.43. The maximum atomic E-state index is 6.33. The molecule has 0 spiro atoms. The van der Waals surface area contributed by atoms with Crippen LogP contribution >= 0.6 is 0 Å². The van der Waals surface area contributed by atoms with Crippen molar-refractivity contribution in [3.05, 3.63) is 23.3 Å². The van der Waals surface area contributed by atoms with Crippen molar-refractivity contribution in [1.82, 2.24) is 4.90 Å². The molecule has 2 heterocycles. The van der Waals surface area contributed by atoms with Gasteiger partial charge in [-0.3, -0.25) is 4.90 Å². The van der Waals surface area contributed by atoms with Gasteiger partial charge in [-0.2, -0.15) is 0 Å². The SMILES string of the molecule is COc1cc2c(cc1OC)C1CCCCN1CC2N. The Morgan fingerprint density at radius 2 is 1.79 bits per heavy atom. The highest BCUT2D eigenvalue weighted by Crippen LogP contribution is 2.43. The summed E-state index contributed by atoms with van der Waals surface area (Å²) in [6, 6.07) is 4.76. The second-order valence-electron chi connectivity index (χ2n) is 5.45. The zero-order chi connectivity index (χ0) is 13.4. The van der Waals surface area contributed by atoms with E-state index in [1.165, 1.54) is 30.4 Å². The first-order valence-electron chi connectivity index (χ1n) is 7.00. The van der Waals surface area contributed by atoms with E-state index in [-0.39, 0.29) is 6.04 Å². The van der Waals surface area contributed by atoms with Gasteiger partial charge in [-0.25, -0.2) is 0 Å². The van der Waals surface area contributed by atoms with E-state index >= 15 is 0 Å². The fourth-order valence-corrected chi connectivity index (χ4v) is 3.43. The number of ether oxygens (including phenoxy) is 2. The maximum absolute atomic E-state index is 6.33. The molecule has 104 valence electrons. The highest BCUT2D eigenvalue weighted by atomic mass is 16.5. The van der Waals surface area contributed by atoms with E-state index < -0.39 is 0 Å². The van der Waals surface area contributed by atoms with Crippen LogP contribution in [0.3, 0.4) is 0 Å². The third-order valence-electron chi connectivity index (χ3n) is 4.39. The Kier molecular flexibility index (Phi) is 3.37. The summed E-state index contributed by atoms with van der Waals surface area (Å²) >= 11 is 0. The Bertz CT molecular complexity index is 475. The van der Waals surface area contributed by atoms with Crippen molar-refractivity contribution in [2.75, 3.05) is 27.3 Å². The molecule has 0 saturated carbocycles. The molecule has 4 nitrogen and oxygen atoms in total. The number of hydrogen-bond acceptors (Lipinski definition) is 4. The van der Waals surface area contributed by atoms with Gasteiger partial charge >= 0.3 is 0 Å². The van der Waals surface area contributed by atoms with Crippen LogP contribution in [0.25, 0.3) is 0 Å². The molecule has 2 unspecified atom stereocenters. The molecule has 3 rings (SSSR count). The molecule has 19 heavy (non-hydrogen) atoms. The van der Waals surface area contributed by atoms with Gasteiger partial charge in [-0.1, -0.05) is 6.42 Å². The highest BCUT2D eigenvalue weighted by Gasteiger charge is 2.34. The van der Waals surface area contributed by atoms with E-state index in [0.29, 0.717) is 6.04 Å². The topological polar surface area (TPSA) is 47.7 Å². The summed E-state index contributed by atoms with van der Waals surface area (Å²) < 4.78 is 10.8. The molecule has 1 aromatic rings. The minimum atomic E-state index is 0.0733. The van der Waals surface area contributed by atoms with E-state index in [4.69, 9.17) is 15.2 Å². The molecule has 0 bridgehead atoms. The summed E-state index contributed by atoms with van der Waals surface area (Å²) in [6.45, 7) is 2.11. The summed E-state index contributed by atoms with van der Waals surface area (Å²) in [5.74, 6) is 1.59. The first kappa shape index (κ1) is 12.8. The molecule has 0 amide bonds. The molecule has 0 radical (unpaired) electrons. The predicted octanol–water partition coefficient (Wildman–Crippen LogP) is 2.24. The number of piperidine rings is 1. The molecule has 0 aromatic heterocycles. The molecule has 1 saturated heterocycles. The van der Waals surface area contributed by atoms with Crippen molar-refractivity contribution in [1.29, 1.82) is 0 Å². The molecule has 2 aliphatic rings. The standard InChI is InChI=1S/C15H22N2O2/c1-18-14-7-10-11(8-15(14)19-2)13-5-3-4-6-17(13)9-12(10)16/h7-8,12-13H,3-6,9,16H2,1-2H3. The summed E-state index contributed by atoms with van der Waals surface area (Å²) in [5.41, 5.74) is 8.88. The lowest BCUT2D eigenvalue weighted by atomic mass is 9.84. The molecular weight excluding hydrogens is 240 g/mol. The number of nitrogens with two attached hydrogens (primary N) is 1. The van der Waals surface area contributed by atoms with Crippen LogP contribution in [0.15, 0.2) is 12.1 Å². The fraction of sp³-hybridized carbons (Fsp3) is 0.600. The van der Waals surface area contributed by atoms with Crippen molar-refractivity contribution in [3.63, 3.8) is 0 Å². The summed E-state index contributed by atoms with van der Waals surface area (Å²) in [6.07, 6.45) is 3.80. The normalized spacial score (nSPS) is 26.5. The van der Waals surface area contributed by atoms with Crippen molar-refractivity contribution in [2.45, 2.75) is 31.3 Å². The summed E-state index contributed by atoms with van der Waals surface area (Å²) in [4.78, 5) is 2.52. The van der Waals surface area contributed by atoms with Gasteiger partial charge < -0.3 is 15.2 Å². The van der Waals surface area contributed by atoms with E-state index in [2.05, 4.69) is 17.0 Å². The van der Waals surface area contributed by atoms with Gasteiger partial charge in [0.2, 0.25) is 0 Å². The van der Waals surface area contributed by atoms with Crippen molar-refractivity contribution in [2.24, 2.45) is 5.73 Å². The molecule has 2 N–H and O–H groups in total. The van der Waals surface area contributed by atoms with Crippen molar-refractivity contribution in [3.8, 4) is 11.5 Å². The number of fused-ring (bicyclic) bond motifs is 3. The molecule has 1 fully saturated rings. The Labute approximate surface area is 114 Å². The Balaban J connectivity index is 2.07. The molecule has 0 aliphatic carbocycles. The minimum Gasteiger partial charge on any atom is -0.493 e. The van der Waals surface area contributed by atoms with Gasteiger partial charge in [0.25, 0.3) is 0 Å². The van der Waals surface area contributed by atoms with Gasteiger partial charge in [0.15, 0.2) is 11.5 Å². The number of rotatable bonds is 2. The minimum absolute atomic E-state index is 0.0733. The van der Waals surface area contributed by atoms with Crippen LogP contribution in [-0.2, 0) is 0 Å². The first-order valence-corrected chi connectivity index (χ1v) is 7.00. The van der Waals surface area contributed by atoms with E-state index in [1.807, 2.05) is 0 Å². The molecule has 4 heteroatoms. The monoisotopic (exact) mass is 262 g/mol. The highest BCUT2D eigenvalue weighted by molar-refractivity contribution is 5.50. The average molecular weight is 262 g/mol. The van der Waals surface area contributed by atoms with Crippen LogP contribution in [0.5, 0.6) is 11.5 Å². The van der Waals surface area contributed by atoms with Gasteiger partial charge in [-0.05, 0) is 42.6 Å². The van der Waals surface area contributed by atoms with Crippen LogP contribution in [0.2, 0.25) is 0 Å². The molecule has 1 aromatic carbocycles. The zero-order valence-electron chi connectivity index (χ0n) is 11.7. The van der Waals surface area contributed by atoms with Gasteiger partial charge in [0.1, 0.15) is 0 Å². The van der Waals surface area contributed by atoms with Crippen molar-refractivity contribution >= 4 is 0 Å². The lowest BCUT2D eigenvalue weighted by Gasteiger charge is -2.43. The van der Waals surface area contributed by atoms with Crippen LogP contribution in [0, 0.1) is 0 Å². The van der Waals surface area contributed by atoms with E-state index in [9.17, 15) is 0 Å². The third-order valence-corrected chi connectivity index (χ3v) is 4.39. The predicted molar refractivity (Wildman–Crippen MR) is 74.6 cm³/mol. The first-order chi connectivity index (χ1) is 9.24. The average Bonchev–Trinajstić information content (AvgIpc) is 2.46. The molecule has 2 atom stereocenters. The number of nitrogens with zero attached hydrogens (tertiary/aromatic N) is 1. The lowest BCUT2D eigenvalue weighted by Crippen LogP contribution is -2.43. The Morgan fingerprint density at radius 3 is 2.47 bits per heavy atom. The Morgan fingerprint density at radius 1 is 1.11 bits per heavy atom. The summed E-state index contributed by atoms with van der Waals surface area (Å²) in [7, 11) is 3.36. The quantitative estimate of drug-likeness (QED) is 0.888. The van der Waals surface area contributed by atoms with Crippen LogP contribution in [-0.4, -0.2) is 32.2 Å². The van der Waals surface area contributed by atoms with Gasteiger partial charge in [-0.15, -0.1) is 0 Å². The smallest absolute Gasteiger partial charge is 0.161 e. The third kappa shape index (κ3) is 2.09. The maximum Gasteiger partial charge on any atom is 0.161 e. The Hall–Kier alpha value is -1.26. The zero-order valence-corrected chi connectivity index (χ0v) is 11.7. The lowest BCUT2D eigenvalue weighted by molar-refractivity contribution is 0.124. The number of benzene rings is 1. The van der Waals surface area contributed by atoms with Crippen LogP contribution < -0.4 is 15.2 Å². The number of hydrogen-bond donors (Lipinski definition) is 1.